The monoisotopic (exact) mass is 256 g/mol. The number of halogens is 1. The molecule has 2 aromatic rings. The van der Waals surface area contributed by atoms with E-state index in [9.17, 15) is 0 Å². The number of rotatable bonds is 3. The molecule has 0 bridgehead atoms. The van der Waals surface area contributed by atoms with Crippen molar-refractivity contribution in [2.24, 2.45) is 0 Å². The summed E-state index contributed by atoms with van der Waals surface area (Å²) in [5.41, 5.74) is 4.55. The maximum Gasteiger partial charge on any atom is 0.0701 e. The van der Waals surface area contributed by atoms with Gasteiger partial charge in [-0.2, -0.15) is 0 Å². The van der Waals surface area contributed by atoms with Gasteiger partial charge in [-0.3, -0.25) is 4.68 Å². The van der Waals surface area contributed by atoms with Crippen LogP contribution < -0.4 is 5.43 Å². The van der Waals surface area contributed by atoms with E-state index in [1.54, 1.807) is 11.3 Å². The molecule has 0 atom stereocenters. The van der Waals surface area contributed by atoms with Crippen molar-refractivity contribution in [1.82, 2.24) is 4.68 Å². The Kier molecular flexibility index (Phi) is 2.71. The normalized spacial score (nSPS) is 10.2. The fraction of sp³-hybridized carbons (Fsp3) is 0.111. The summed E-state index contributed by atoms with van der Waals surface area (Å²) in [4.78, 5) is 0. The van der Waals surface area contributed by atoms with E-state index in [0.717, 1.165) is 6.54 Å². The quantitative estimate of drug-likeness (QED) is 0.894. The Bertz CT molecular complexity index is 367. The Balaban J connectivity index is 1.93. The van der Waals surface area contributed by atoms with Gasteiger partial charge in [0.1, 0.15) is 0 Å². The van der Waals surface area contributed by atoms with Crippen LogP contribution in [0.1, 0.15) is 5.56 Å². The first-order valence-electron chi connectivity index (χ1n) is 3.94. The minimum Gasteiger partial charge on any atom is -0.322 e. The molecule has 0 fully saturated rings. The van der Waals surface area contributed by atoms with Gasteiger partial charge >= 0.3 is 0 Å². The first-order valence-corrected chi connectivity index (χ1v) is 5.61. The predicted octanol–water partition coefficient (Wildman–Crippen LogP) is 3.06. The van der Waals surface area contributed by atoms with Crippen LogP contribution in [0.2, 0.25) is 0 Å². The summed E-state index contributed by atoms with van der Waals surface area (Å²) in [6.07, 6.45) is 3.98. The molecule has 4 heteroatoms. The van der Waals surface area contributed by atoms with E-state index in [-0.39, 0.29) is 0 Å². The van der Waals surface area contributed by atoms with Gasteiger partial charge in [-0.1, -0.05) is 0 Å². The highest BCUT2D eigenvalue weighted by Gasteiger charge is 1.95. The minimum absolute atomic E-state index is 0.858. The molecule has 2 aromatic heterocycles. The molecule has 0 aromatic carbocycles. The zero-order chi connectivity index (χ0) is 9.10. The highest BCUT2D eigenvalue weighted by molar-refractivity contribution is 9.11. The standard InChI is InChI=1S/C9H9BrN2S/c10-9-5-8(7-13-9)6-11-12-3-1-2-4-12/h1-5,7,11H,6H2. The molecule has 0 spiro atoms. The van der Waals surface area contributed by atoms with Gasteiger partial charge < -0.3 is 5.43 Å². The summed E-state index contributed by atoms with van der Waals surface area (Å²) >= 11 is 5.14. The lowest BCUT2D eigenvalue weighted by molar-refractivity contribution is 0.849. The van der Waals surface area contributed by atoms with Gasteiger partial charge in [0.2, 0.25) is 0 Å². The van der Waals surface area contributed by atoms with E-state index in [4.69, 9.17) is 0 Å². The molecule has 0 radical (unpaired) electrons. The topological polar surface area (TPSA) is 17.0 Å². The van der Waals surface area contributed by atoms with E-state index >= 15 is 0 Å². The number of aromatic nitrogens is 1. The molecule has 2 rings (SSSR count). The van der Waals surface area contributed by atoms with Gasteiger partial charge in [0.15, 0.2) is 0 Å². The zero-order valence-corrected chi connectivity index (χ0v) is 9.31. The molecular weight excluding hydrogens is 248 g/mol. The Labute approximate surface area is 89.3 Å². The lowest BCUT2D eigenvalue weighted by atomic mass is 10.3. The molecule has 1 N–H and O–H groups in total. The lowest BCUT2D eigenvalue weighted by Gasteiger charge is -2.04. The van der Waals surface area contributed by atoms with Gasteiger partial charge in [-0.15, -0.1) is 11.3 Å². The Morgan fingerprint density at radius 2 is 2.15 bits per heavy atom. The molecule has 0 aliphatic heterocycles. The average molecular weight is 257 g/mol. The zero-order valence-electron chi connectivity index (χ0n) is 6.90. The molecule has 0 aliphatic rings. The molecular formula is C9H9BrN2S. The predicted molar refractivity (Wildman–Crippen MR) is 59.5 cm³/mol. The largest absolute Gasteiger partial charge is 0.322 e. The smallest absolute Gasteiger partial charge is 0.0701 e. The van der Waals surface area contributed by atoms with Gasteiger partial charge in [-0.25, -0.2) is 0 Å². The summed E-state index contributed by atoms with van der Waals surface area (Å²) in [5, 5.41) is 2.14. The fourth-order valence-corrected chi connectivity index (χ4v) is 2.27. The molecule has 68 valence electrons. The third-order valence-corrected chi connectivity index (χ3v) is 3.25. The SMILES string of the molecule is Brc1cc(CNn2cccc2)cs1. The fourth-order valence-electron chi connectivity index (χ4n) is 1.06. The van der Waals surface area contributed by atoms with Crippen LogP contribution in [-0.4, -0.2) is 4.68 Å². The van der Waals surface area contributed by atoms with Crippen molar-refractivity contribution in [3.63, 3.8) is 0 Å². The number of nitrogens with zero attached hydrogens (tertiary/aromatic N) is 1. The number of thiophene rings is 1. The second-order valence-electron chi connectivity index (χ2n) is 2.68. The summed E-state index contributed by atoms with van der Waals surface area (Å²) in [5.74, 6) is 0. The van der Waals surface area contributed by atoms with Crippen molar-refractivity contribution in [2.45, 2.75) is 6.54 Å². The molecule has 0 saturated carbocycles. The molecule has 13 heavy (non-hydrogen) atoms. The highest BCUT2D eigenvalue weighted by Crippen LogP contribution is 2.20. The van der Waals surface area contributed by atoms with Crippen LogP contribution in [0.5, 0.6) is 0 Å². The van der Waals surface area contributed by atoms with Crippen molar-refractivity contribution >= 4 is 27.3 Å². The van der Waals surface area contributed by atoms with Crippen molar-refractivity contribution in [2.75, 3.05) is 5.43 Å². The summed E-state index contributed by atoms with van der Waals surface area (Å²) < 4.78 is 3.13. The van der Waals surface area contributed by atoms with Crippen LogP contribution in [-0.2, 0) is 6.54 Å². The summed E-state index contributed by atoms with van der Waals surface area (Å²) in [7, 11) is 0. The van der Waals surface area contributed by atoms with Crippen LogP contribution in [0, 0.1) is 0 Å². The van der Waals surface area contributed by atoms with E-state index in [2.05, 4.69) is 32.8 Å². The second-order valence-corrected chi connectivity index (χ2v) is 4.97. The Hall–Kier alpha value is -0.740. The number of hydrogen-bond donors (Lipinski definition) is 1. The molecule has 0 aliphatic carbocycles. The number of nitrogens with one attached hydrogen (secondary N) is 1. The van der Waals surface area contributed by atoms with Crippen LogP contribution in [0.15, 0.2) is 39.8 Å². The van der Waals surface area contributed by atoms with Gasteiger partial charge in [-0.05, 0) is 45.1 Å². The van der Waals surface area contributed by atoms with Crippen molar-refractivity contribution in [1.29, 1.82) is 0 Å². The van der Waals surface area contributed by atoms with Gasteiger partial charge in [0, 0.05) is 12.4 Å². The maximum atomic E-state index is 3.43. The summed E-state index contributed by atoms with van der Waals surface area (Å²) in [6.45, 7) is 0.858. The average Bonchev–Trinajstić information content (AvgIpc) is 2.71. The van der Waals surface area contributed by atoms with E-state index in [1.807, 2.05) is 29.2 Å². The van der Waals surface area contributed by atoms with Crippen molar-refractivity contribution < 1.29 is 0 Å². The van der Waals surface area contributed by atoms with E-state index in [0.29, 0.717) is 0 Å². The Morgan fingerprint density at radius 1 is 1.38 bits per heavy atom. The third kappa shape index (κ3) is 2.35. The lowest BCUT2D eigenvalue weighted by Crippen LogP contribution is -2.10. The maximum absolute atomic E-state index is 3.43. The third-order valence-electron chi connectivity index (χ3n) is 1.69. The van der Waals surface area contributed by atoms with Crippen LogP contribution >= 0.6 is 27.3 Å². The first-order chi connectivity index (χ1) is 6.34. The van der Waals surface area contributed by atoms with Crippen LogP contribution in [0.25, 0.3) is 0 Å². The molecule has 2 nitrogen and oxygen atoms in total. The van der Waals surface area contributed by atoms with Crippen molar-refractivity contribution in [3.05, 3.63) is 45.3 Å². The van der Waals surface area contributed by atoms with E-state index in [1.165, 1.54) is 9.35 Å². The highest BCUT2D eigenvalue weighted by atomic mass is 79.9. The molecule has 0 amide bonds. The molecule has 0 unspecified atom stereocenters. The Morgan fingerprint density at radius 3 is 2.77 bits per heavy atom. The summed E-state index contributed by atoms with van der Waals surface area (Å²) in [6, 6.07) is 6.12. The van der Waals surface area contributed by atoms with Gasteiger partial charge in [0.05, 0.1) is 10.3 Å². The molecule has 0 saturated heterocycles. The second kappa shape index (κ2) is 3.98. The van der Waals surface area contributed by atoms with Crippen molar-refractivity contribution in [3.8, 4) is 0 Å². The van der Waals surface area contributed by atoms with Gasteiger partial charge in [0.25, 0.3) is 0 Å². The van der Waals surface area contributed by atoms with Crippen LogP contribution in [0.4, 0.5) is 0 Å². The first kappa shape index (κ1) is 8.84. The van der Waals surface area contributed by atoms with Crippen LogP contribution in [0.3, 0.4) is 0 Å². The van der Waals surface area contributed by atoms with E-state index < -0.39 is 0 Å². The minimum atomic E-state index is 0.858. The number of hydrogen-bond acceptors (Lipinski definition) is 2. The molecule has 2 heterocycles.